The van der Waals surface area contributed by atoms with Gasteiger partial charge in [0.1, 0.15) is 18.0 Å². The molecule has 2 N–H and O–H groups in total. The largest absolute Gasteiger partial charge is 0.442 e. The van der Waals surface area contributed by atoms with Crippen LogP contribution in [0.1, 0.15) is 18.2 Å². The smallest absolute Gasteiger partial charge is 0.350 e. The number of hydrogen-bond acceptors (Lipinski definition) is 7. The van der Waals surface area contributed by atoms with E-state index in [9.17, 15) is 18.0 Å². The van der Waals surface area contributed by atoms with Crippen LogP contribution in [0, 0.1) is 24.4 Å². The van der Waals surface area contributed by atoms with Gasteiger partial charge in [-0.3, -0.25) is 4.57 Å². The predicted molar refractivity (Wildman–Crippen MR) is 125 cm³/mol. The Morgan fingerprint density at radius 3 is 2.51 bits per heavy atom. The molecule has 0 radical (unpaired) electrons. The first-order chi connectivity index (χ1) is 16.6. The van der Waals surface area contributed by atoms with E-state index in [2.05, 4.69) is 10.1 Å². The molecule has 5 rings (SSSR count). The number of nitrogens with zero attached hydrogens (tertiary/aromatic N) is 5. The summed E-state index contributed by atoms with van der Waals surface area (Å²) in [6.45, 7) is 4.73. The number of rotatable bonds is 6. The minimum Gasteiger partial charge on any atom is -0.442 e. The minimum atomic E-state index is -0.773. The highest BCUT2D eigenvalue weighted by Gasteiger charge is 2.36. The van der Waals surface area contributed by atoms with Crippen molar-refractivity contribution in [1.82, 2.24) is 19.3 Å². The molecule has 0 spiro atoms. The Balaban J connectivity index is 1.35. The molecular weight excluding hydrogens is 481 g/mol. The minimum absolute atomic E-state index is 0.0415. The molecule has 1 aliphatic rings. The molecule has 182 valence electrons. The van der Waals surface area contributed by atoms with Crippen molar-refractivity contribution in [3.05, 3.63) is 81.9 Å². The Morgan fingerprint density at radius 2 is 1.86 bits per heavy atom. The zero-order valence-electron chi connectivity index (χ0n) is 18.8. The van der Waals surface area contributed by atoms with Gasteiger partial charge in [0, 0.05) is 30.3 Å². The van der Waals surface area contributed by atoms with Crippen LogP contribution < -0.4 is 21.1 Å². The Bertz CT molecular complexity index is 1450. The van der Waals surface area contributed by atoms with Gasteiger partial charge in [-0.15, -0.1) is 0 Å². The number of ether oxygens (including phenoxy) is 1. The average molecular weight is 503 g/mol. The predicted octanol–water partition coefficient (Wildman–Crippen LogP) is 3.59. The maximum Gasteiger partial charge on any atom is 0.350 e. The fraction of sp³-hybridized carbons (Fsp3) is 0.261. The molecule has 1 saturated heterocycles. The normalized spacial score (nSPS) is 14.7. The van der Waals surface area contributed by atoms with Crippen LogP contribution in [0.4, 0.5) is 18.3 Å². The average Bonchev–Trinajstić information content (AvgIpc) is 3.32. The Morgan fingerprint density at radius 1 is 1.14 bits per heavy atom. The van der Waals surface area contributed by atoms with Crippen LogP contribution >= 0.6 is 11.3 Å². The van der Waals surface area contributed by atoms with Crippen molar-refractivity contribution in [2.24, 2.45) is 5.73 Å². The first-order valence-corrected chi connectivity index (χ1v) is 11.5. The van der Waals surface area contributed by atoms with Crippen molar-refractivity contribution in [2.75, 3.05) is 18.0 Å². The topological polar surface area (TPSA) is 91.2 Å². The fourth-order valence-corrected chi connectivity index (χ4v) is 4.77. The second-order valence-electron chi connectivity index (χ2n) is 8.75. The number of nitrogens with two attached hydrogens (primary N) is 1. The second kappa shape index (κ2) is 8.54. The summed E-state index contributed by atoms with van der Waals surface area (Å²) in [5.41, 5.74) is 5.61. The highest BCUT2D eigenvalue weighted by molar-refractivity contribution is 7.17. The van der Waals surface area contributed by atoms with Gasteiger partial charge >= 0.3 is 5.69 Å². The zero-order chi connectivity index (χ0) is 24.9. The van der Waals surface area contributed by atoms with Gasteiger partial charge in [-0.2, -0.15) is 9.78 Å². The van der Waals surface area contributed by atoms with E-state index in [1.165, 1.54) is 29.5 Å². The SMILES string of the molecule is Cc1nc(N2CC(C)(N)C2)sc1Oc1ccc(-n2ncn(Cc3c(F)cccc3F)c2=O)cc1F. The summed E-state index contributed by atoms with van der Waals surface area (Å²) >= 11 is 1.30. The molecule has 4 aromatic rings. The molecule has 3 heterocycles. The monoisotopic (exact) mass is 502 g/mol. The van der Waals surface area contributed by atoms with Gasteiger partial charge in [0.05, 0.1) is 17.9 Å². The highest BCUT2D eigenvalue weighted by Crippen LogP contribution is 2.39. The number of anilines is 1. The summed E-state index contributed by atoms with van der Waals surface area (Å²) in [5.74, 6) is -2.30. The highest BCUT2D eigenvalue weighted by atomic mass is 32.1. The lowest BCUT2D eigenvalue weighted by molar-refractivity contribution is 0.365. The number of aromatic nitrogens is 4. The summed E-state index contributed by atoms with van der Waals surface area (Å²) in [6, 6.07) is 7.40. The molecule has 1 aliphatic heterocycles. The van der Waals surface area contributed by atoms with Gasteiger partial charge in [-0.1, -0.05) is 17.4 Å². The maximum absolute atomic E-state index is 14.9. The quantitative estimate of drug-likeness (QED) is 0.433. The summed E-state index contributed by atoms with van der Waals surface area (Å²) < 4.78 is 50.5. The zero-order valence-corrected chi connectivity index (χ0v) is 19.7. The lowest BCUT2D eigenvalue weighted by Gasteiger charge is -2.45. The van der Waals surface area contributed by atoms with Crippen LogP contribution in [0.25, 0.3) is 5.69 Å². The van der Waals surface area contributed by atoms with Crippen molar-refractivity contribution in [3.63, 3.8) is 0 Å². The van der Waals surface area contributed by atoms with Gasteiger partial charge in [0.15, 0.2) is 16.7 Å². The van der Waals surface area contributed by atoms with Crippen molar-refractivity contribution in [1.29, 1.82) is 0 Å². The van der Waals surface area contributed by atoms with E-state index in [1.807, 2.05) is 11.8 Å². The molecular formula is C23H21F3N6O2S. The summed E-state index contributed by atoms with van der Waals surface area (Å²) in [5, 5.41) is 5.15. The fourth-order valence-electron chi connectivity index (χ4n) is 3.84. The Kier molecular flexibility index (Phi) is 5.64. The van der Waals surface area contributed by atoms with E-state index in [0.717, 1.165) is 38.9 Å². The van der Waals surface area contributed by atoms with Crippen LogP contribution in [0.2, 0.25) is 0 Å². The van der Waals surface area contributed by atoms with Crippen molar-refractivity contribution >= 4 is 16.5 Å². The lowest BCUT2D eigenvalue weighted by Crippen LogP contribution is -2.65. The third kappa shape index (κ3) is 4.42. The second-order valence-corrected chi connectivity index (χ2v) is 9.69. The van der Waals surface area contributed by atoms with Crippen LogP contribution in [-0.4, -0.2) is 38.0 Å². The van der Waals surface area contributed by atoms with E-state index in [-0.39, 0.29) is 29.1 Å². The van der Waals surface area contributed by atoms with Gasteiger partial charge in [0.2, 0.25) is 5.06 Å². The van der Waals surface area contributed by atoms with Crippen LogP contribution in [0.3, 0.4) is 0 Å². The molecule has 0 saturated carbocycles. The molecule has 1 fully saturated rings. The van der Waals surface area contributed by atoms with E-state index in [1.54, 1.807) is 6.92 Å². The molecule has 12 heteroatoms. The van der Waals surface area contributed by atoms with Gasteiger partial charge < -0.3 is 15.4 Å². The molecule has 2 aromatic heterocycles. The molecule has 0 bridgehead atoms. The molecule has 0 amide bonds. The molecule has 0 unspecified atom stereocenters. The van der Waals surface area contributed by atoms with E-state index < -0.39 is 23.1 Å². The summed E-state index contributed by atoms with van der Waals surface area (Å²) in [4.78, 5) is 19.2. The summed E-state index contributed by atoms with van der Waals surface area (Å²) in [7, 11) is 0. The van der Waals surface area contributed by atoms with Gasteiger partial charge in [0.25, 0.3) is 0 Å². The first-order valence-electron chi connectivity index (χ1n) is 10.7. The van der Waals surface area contributed by atoms with Crippen LogP contribution in [-0.2, 0) is 6.54 Å². The first kappa shape index (κ1) is 23.1. The van der Waals surface area contributed by atoms with E-state index >= 15 is 0 Å². The maximum atomic E-state index is 14.9. The molecule has 2 aromatic carbocycles. The molecule has 0 atom stereocenters. The standard InChI is InChI=1S/C23H21F3N6O2S/c1-13-20(35-21(29-13)31-10-23(2,27)11-31)34-19-7-6-14(8-18(19)26)32-22(33)30(12-28-32)9-15-16(24)4-3-5-17(15)25/h3-8,12H,9-11,27H2,1-2H3. The number of halogens is 3. The number of hydrogen-bond donors (Lipinski definition) is 1. The number of benzene rings is 2. The summed E-state index contributed by atoms with van der Waals surface area (Å²) in [6.07, 6.45) is 1.14. The third-order valence-electron chi connectivity index (χ3n) is 5.60. The van der Waals surface area contributed by atoms with Crippen molar-refractivity contribution in [2.45, 2.75) is 25.9 Å². The Labute approximate surface area is 202 Å². The van der Waals surface area contributed by atoms with E-state index in [0.29, 0.717) is 23.8 Å². The van der Waals surface area contributed by atoms with Crippen LogP contribution in [0.15, 0.2) is 47.5 Å². The number of thiazole rings is 1. The Hall–Kier alpha value is -3.64. The molecule has 35 heavy (non-hydrogen) atoms. The third-order valence-corrected chi connectivity index (χ3v) is 6.70. The van der Waals surface area contributed by atoms with Gasteiger partial charge in [-0.25, -0.2) is 22.9 Å². The molecule has 0 aliphatic carbocycles. The van der Waals surface area contributed by atoms with Crippen molar-refractivity contribution < 1.29 is 17.9 Å². The number of aryl methyl sites for hydroxylation is 1. The van der Waals surface area contributed by atoms with Gasteiger partial charge in [-0.05, 0) is 38.1 Å². The van der Waals surface area contributed by atoms with Crippen molar-refractivity contribution in [3.8, 4) is 16.5 Å². The van der Waals surface area contributed by atoms with E-state index in [4.69, 9.17) is 10.5 Å². The van der Waals surface area contributed by atoms with Crippen LogP contribution in [0.5, 0.6) is 10.8 Å². The lowest BCUT2D eigenvalue weighted by atomic mass is 9.95. The molecule has 8 nitrogen and oxygen atoms in total.